The van der Waals surface area contributed by atoms with Crippen molar-refractivity contribution in [3.05, 3.63) is 94.5 Å². The zero-order valence-electron chi connectivity index (χ0n) is 17.7. The Morgan fingerprint density at radius 3 is 2.47 bits per heavy atom. The number of aliphatic imine (C=N–C) groups is 1. The number of piperazine rings is 1. The smallest absolute Gasteiger partial charge is 0.199 e. The molecule has 0 saturated carbocycles. The summed E-state index contributed by atoms with van der Waals surface area (Å²) >= 11 is 6.15. The Labute approximate surface area is 192 Å². The Balaban J connectivity index is 1.53. The monoisotopic (exact) mass is 444 g/mol. The fraction of sp³-hybridized carbons (Fsp3) is 0.192. The van der Waals surface area contributed by atoms with Crippen LogP contribution in [0.5, 0.6) is 5.88 Å². The van der Waals surface area contributed by atoms with E-state index in [1.54, 1.807) is 0 Å². The van der Waals surface area contributed by atoms with E-state index in [1.807, 2.05) is 60.7 Å². The van der Waals surface area contributed by atoms with Crippen LogP contribution < -0.4 is 5.32 Å². The van der Waals surface area contributed by atoms with Crippen LogP contribution in [0.4, 0.5) is 5.69 Å². The molecule has 1 aromatic heterocycles. The van der Waals surface area contributed by atoms with Crippen LogP contribution in [-0.2, 0) is 6.54 Å². The van der Waals surface area contributed by atoms with Crippen molar-refractivity contribution in [2.45, 2.75) is 6.54 Å². The second kappa shape index (κ2) is 9.17. The van der Waals surface area contributed by atoms with Crippen LogP contribution in [-0.4, -0.2) is 46.9 Å². The Morgan fingerprint density at radius 2 is 1.72 bits per heavy atom. The molecule has 0 bridgehead atoms. The number of benzene rings is 3. The maximum atomic E-state index is 10.8. The van der Waals surface area contributed by atoms with Crippen molar-refractivity contribution in [2.75, 3.05) is 26.2 Å². The van der Waals surface area contributed by atoms with Gasteiger partial charge in [0.15, 0.2) is 5.88 Å². The molecule has 4 aromatic rings. The van der Waals surface area contributed by atoms with Crippen molar-refractivity contribution in [3.8, 4) is 5.88 Å². The first kappa shape index (κ1) is 20.8. The fourth-order valence-corrected chi connectivity index (χ4v) is 4.36. The SMILES string of the molecule is Oc1[nH]c2cc(Cl)ccc2c1C(=Nc1ccc(CN2CCNCC2)cc1)c1ccccc1. The number of aromatic amines is 1. The van der Waals surface area contributed by atoms with Gasteiger partial charge in [0, 0.05) is 48.7 Å². The molecule has 0 spiro atoms. The van der Waals surface area contributed by atoms with Crippen LogP contribution in [0.2, 0.25) is 5.02 Å². The summed E-state index contributed by atoms with van der Waals surface area (Å²) in [5.41, 5.74) is 5.22. The lowest BCUT2D eigenvalue weighted by molar-refractivity contribution is 0.233. The van der Waals surface area contributed by atoms with Crippen LogP contribution in [0.1, 0.15) is 16.7 Å². The first-order chi connectivity index (χ1) is 15.7. The summed E-state index contributed by atoms with van der Waals surface area (Å²) in [7, 11) is 0. The van der Waals surface area contributed by atoms with E-state index in [1.165, 1.54) is 5.56 Å². The number of nitrogens with one attached hydrogen (secondary N) is 2. The highest BCUT2D eigenvalue weighted by atomic mass is 35.5. The average molecular weight is 445 g/mol. The van der Waals surface area contributed by atoms with Gasteiger partial charge in [0.25, 0.3) is 0 Å². The van der Waals surface area contributed by atoms with Gasteiger partial charge in [0.2, 0.25) is 0 Å². The molecule has 3 N–H and O–H groups in total. The number of fused-ring (bicyclic) bond motifs is 1. The van der Waals surface area contributed by atoms with Gasteiger partial charge in [-0.3, -0.25) is 4.90 Å². The number of aromatic nitrogens is 1. The van der Waals surface area contributed by atoms with Crippen molar-refractivity contribution in [1.82, 2.24) is 15.2 Å². The molecule has 0 radical (unpaired) electrons. The minimum absolute atomic E-state index is 0.0835. The molecule has 5 rings (SSSR count). The van der Waals surface area contributed by atoms with Gasteiger partial charge in [-0.05, 0) is 29.8 Å². The number of halogens is 1. The van der Waals surface area contributed by atoms with E-state index >= 15 is 0 Å². The topological polar surface area (TPSA) is 63.6 Å². The largest absolute Gasteiger partial charge is 0.494 e. The third-order valence-electron chi connectivity index (χ3n) is 5.82. The number of hydrogen-bond acceptors (Lipinski definition) is 4. The summed E-state index contributed by atoms with van der Waals surface area (Å²) < 4.78 is 0. The molecule has 0 atom stereocenters. The van der Waals surface area contributed by atoms with Crippen LogP contribution in [0.3, 0.4) is 0 Å². The number of rotatable bonds is 5. The highest BCUT2D eigenvalue weighted by Crippen LogP contribution is 2.32. The van der Waals surface area contributed by atoms with E-state index < -0.39 is 0 Å². The summed E-state index contributed by atoms with van der Waals surface area (Å²) in [6.07, 6.45) is 0. The molecule has 162 valence electrons. The molecule has 1 aliphatic rings. The van der Waals surface area contributed by atoms with Crippen LogP contribution in [0.25, 0.3) is 10.9 Å². The van der Waals surface area contributed by atoms with Gasteiger partial charge in [0.05, 0.1) is 22.5 Å². The second-order valence-electron chi connectivity index (χ2n) is 8.06. The first-order valence-electron chi connectivity index (χ1n) is 10.8. The average Bonchev–Trinajstić information content (AvgIpc) is 3.14. The van der Waals surface area contributed by atoms with Crippen molar-refractivity contribution < 1.29 is 5.11 Å². The zero-order valence-corrected chi connectivity index (χ0v) is 18.4. The second-order valence-corrected chi connectivity index (χ2v) is 8.49. The Bertz CT molecular complexity index is 1240. The lowest BCUT2D eigenvalue weighted by Gasteiger charge is -2.27. The summed E-state index contributed by atoms with van der Waals surface area (Å²) in [6, 6.07) is 23.9. The Morgan fingerprint density at radius 1 is 0.969 bits per heavy atom. The highest BCUT2D eigenvalue weighted by Gasteiger charge is 2.19. The molecule has 1 saturated heterocycles. The molecule has 5 nitrogen and oxygen atoms in total. The van der Waals surface area contributed by atoms with Crippen LogP contribution >= 0.6 is 11.6 Å². The predicted octanol–water partition coefficient (Wildman–Crippen LogP) is 5.10. The molecule has 3 aromatic carbocycles. The summed E-state index contributed by atoms with van der Waals surface area (Å²) in [5.74, 6) is 0.0835. The lowest BCUT2D eigenvalue weighted by Crippen LogP contribution is -2.42. The summed E-state index contributed by atoms with van der Waals surface area (Å²) in [4.78, 5) is 10.5. The maximum absolute atomic E-state index is 10.8. The van der Waals surface area contributed by atoms with E-state index in [-0.39, 0.29) is 5.88 Å². The van der Waals surface area contributed by atoms with Crippen molar-refractivity contribution in [3.63, 3.8) is 0 Å². The minimum atomic E-state index is 0.0835. The molecule has 1 fully saturated rings. The Kier molecular flexibility index (Phi) is 5.95. The van der Waals surface area contributed by atoms with Gasteiger partial charge >= 0.3 is 0 Å². The highest BCUT2D eigenvalue weighted by molar-refractivity contribution is 6.31. The number of nitrogens with zero attached hydrogens (tertiary/aromatic N) is 2. The van der Waals surface area contributed by atoms with Gasteiger partial charge in [-0.25, -0.2) is 4.99 Å². The molecule has 0 amide bonds. The normalized spacial score (nSPS) is 15.3. The molecule has 0 aliphatic carbocycles. The number of hydrogen-bond donors (Lipinski definition) is 3. The van der Waals surface area contributed by atoms with Gasteiger partial charge in [0.1, 0.15) is 0 Å². The minimum Gasteiger partial charge on any atom is -0.494 e. The van der Waals surface area contributed by atoms with Gasteiger partial charge < -0.3 is 15.4 Å². The third kappa shape index (κ3) is 4.41. The quantitative estimate of drug-likeness (QED) is 0.375. The lowest BCUT2D eigenvalue weighted by atomic mass is 10.0. The van der Waals surface area contributed by atoms with E-state index in [0.29, 0.717) is 16.3 Å². The van der Waals surface area contributed by atoms with Gasteiger partial charge in [-0.1, -0.05) is 60.1 Å². The molecular weight excluding hydrogens is 420 g/mol. The van der Waals surface area contributed by atoms with Crippen molar-refractivity contribution in [2.24, 2.45) is 4.99 Å². The first-order valence-corrected chi connectivity index (χ1v) is 11.2. The van der Waals surface area contributed by atoms with Crippen LogP contribution in [0, 0.1) is 0 Å². The summed E-state index contributed by atoms with van der Waals surface area (Å²) in [5, 5.41) is 15.7. The van der Waals surface area contributed by atoms with E-state index in [9.17, 15) is 5.11 Å². The zero-order chi connectivity index (χ0) is 21.9. The fourth-order valence-electron chi connectivity index (χ4n) is 4.19. The Hall–Kier alpha value is -3.12. The summed E-state index contributed by atoms with van der Waals surface area (Å²) in [6.45, 7) is 5.18. The van der Waals surface area contributed by atoms with Crippen molar-refractivity contribution in [1.29, 1.82) is 0 Å². The molecule has 1 aliphatic heterocycles. The van der Waals surface area contributed by atoms with E-state index in [2.05, 4.69) is 27.3 Å². The van der Waals surface area contributed by atoms with Gasteiger partial charge in [-0.15, -0.1) is 0 Å². The van der Waals surface area contributed by atoms with Crippen LogP contribution in [0.15, 0.2) is 77.8 Å². The predicted molar refractivity (Wildman–Crippen MR) is 131 cm³/mol. The molecule has 0 unspecified atom stereocenters. The van der Waals surface area contributed by atoms with E-state index in [4.69, 9.17) is 16.6 Å². The maximum Gasteiger partial charge on any atom is 0.199 e. The molecule has 2 heterocycles. The van der Waals surface area contributed by atoms with Gasteiger partial charge in [-0.2, -0.15) is 0 Å². The standard InChI is InChI=1S/C26H25ClN4O/c27-20-8-11-22-23(16-20)30-26(32)24(22)25(19-4-2-1-3-5-19)29-21-9-6-18(7-10-21)17-31-14-12-28-13-15-31/h1-11,16,28,30,32H,12-15,17H2. The number of aromatic hydroxyl groups is 1. The molecule has 6 heteroatoms. The number of H-pyrrole nitrogens is 1. The molecular formula is C26H25ClN4O. The van der Waals surface area contributed by atoms with Crippen molar-refractivity contribution >= 4 is 33.9 Å². The molecule has 32 heavy (non-hydrogen) atoms. The third-order valence-corrected chi connectivity index (χ3v) is 6.05. The van der Waals surface area contributed by atoms with E-state index in [0.717, 1.165) is 54.9 Å².